The highest BCUT2D eigenvalue weighted by molar-refractivity contribution is 6.20. The number of anilines is 1. The van der Waals surface area contributed by atoms with E-state index >= 15 is 0 Å². The average Bonchev–Trinajstić information content (AvgIpc) is 3.38. The Hall–Kier alpha value is -3.69. The van der Waals surface area contributed by atoms with Crippen molar-refractivity contribution < 1.29 is 27.6 Å². The molecule has 1 saturated carbocycles. The zero-order chi connectivity index (χ0) is 28.4. The zero-order valence-electron chi connectivity index (χ0n) is 22.3. The van der Waals surface area contributed by atoms with Crippen LogP contribution in [0.25, 0.3) is 0 Å². The van der Waals surface area contributed by atoms with Crippen molar-refractivity contribution in [1.29, 1.82) is 0 Å². The molecule has 10 heteroatoms. The van der Waals surface area contributed by atoms with Crippen LogP contribution in [-0.2, 0) is 20.6 Å². The molecule has 1 aliphatic heterocycles. The summed E-state index contributed by atoms with van der Waals surface area (Å²) in [6.45, 7) is 4.54. The fraction of sp³-hybridized carbons (Fsp3) is 0.448. The number of alkyl halides is 3. The minimum Gasteiger partial charge on any atom is -0.355 e. The van der Waals surface area contributed by atoms with Gasteiger partial charge in [0.2, 0.25) is 18.0 Å². The van der Waals surface area contributed by atoms with E-state index in [9.17, 15) is 27.6 Å². The average molecular weight is 543 g/mol. The Bertz CT molecular complexity index is 1270. The Morgan fingerprint density at radius 2 is 1.69 bits per heavy atom. The molecule has 1 heterocycles. The molecule has 2 aromatic carbocycles. The maximum absolute atomic E-state index is 13.7. The van der Waals surface area contributed by atoms with Crippen LogP contribution in [0, 0.1) is 11.3 Å². The summed E-state index contributed by atoms with van der Waals surface area (Å²) >= 11 is 0. The van der Waals surface area contributed by atoms with Gasteiger partial charge in [0.1, 0.15) is 5.41 Å². The fourth-order valence-electron chi connectivity index (χ4n) is 5.11. The monoisotopic (exact) mass is 542 g/mol. The maximum Gasteiger partial charge on any atom is 0.416 e. The molecule has 0 bridgehead atoms. The van der Waals surface area contributed by atoms with Gasteiger partial charge >= 0.3 is 6.18 Å². The van der Waals surface area contributed by atoms with E-state index in [0.29, 0.717) is 55.0 Å². The highest BCUT2D eigenvalue weighted by atomic mass is 19.4. The number of aliphatic imine (C=N–C) groups is 1. The molecular weight excluding hydrogens is 509 g/mol. The lowest BCUT2D eigenvalue weighted by molar-refractivity contribution is -0.145. The van der Waals surface area contributed by atoms with E-state index in [2.05, 4.69) is 15.6 Å². The van der Waals surface area contributed by atoms with Crippen molar-refractivity contribution in [3.63, 3.8) is 0 Å². The second-order valence-electron chi connectivity index (χ2n) is 10.6. The SMILES string of the molecule is CC(C)CCNC(=O)C1(C(=O)NC2N=C(c3ccc(C(F)(F)F)cc3)c3ccccc3N(C)C2=O)CCCC1. The second-order valence-corrected chi connectivity index (χ2v) is 10.6. The molecule has 2 N–H and O–H groups in total. The number of carbonyl (C=O) groups excluding carboxylic acids is 3. The smallest absolute Gasteiger partial charge is 0.355 e. The van der Waals surface area contributed by atoms with E-state index in [4.69, 9.17) is 0 Å². The Balaban J connectivity index is 1.69. The number of benzodiazepines with no additional fused rings is 1. The predicted molar refractivity (Wildman–Crippen MR) is 142 cm³/mol. The third kappa shape index (κ3) is 5.84. The van der Waals surface area contributed by atoms with E-state index in [-0.39, 0.29) is 11.6 Å². The molecule has 0 radical (unpaired) electrons. The summed E-state index contributed by atoms with van der Waals surface area (Å²) in [5, 5.41) is 5.60. The van der Waals surface area contributed by atoms with Gasteiger partial charge in [-0.2, -0.15) is 13.2 Å². The minimum absolute atomic E-state index is 0.268. The van der Waals surface area contributed by atoms with Crippen LogP contribution in [0.1, 0.15) is 62.6 Å². The summed E-state index contributed by atoms with van der Waals surface area (Å²) in [5.41, 5.74) is -0.451. The van der Waals surface area contributed by atoms with Crippen LogP contribution in [-0.4, -0.2) is 43.2 Å². The molecule has 2 aromatic rings. The maximum atomic E-state index is 13.7. The Morgan fingerprint density at radius 3 is 2.31 bits per heavy atom. The van der Waals surface area contributed by atoms with E-state index in [1.165, 1.54) is 17.0 Å². The number of benzene rings is 2. The number of halogens is 3. The van der Waals surface area contributed by atoms with E-state index in [1.807, 2.05) is 13.8 Å². The van der Waals surface area contributed by atoms with Gasteiger partial charge in [-0.1, -0.05) is 57.0 Å². The van der Waals surface area contributed by atoms with Crippen molar-refractivity contribution in [3.05, 3.63) is 65.2 Å². The summed E-state index contributed by atoms with van der Waals surface area (Å²) < 4.78 is 39.5. The number of carbonyl (C=O) groups is 3. The first-order valence-electron chi connectivity index (χ1n) is 13.2. The van der Waals surface area contributed by atoms with E-state index < -0.39 is 35.1 Å². The van der Waals surface area contributed by atoms with Crippen LogP contribution in [0.2, 0.25) is 0 Å². The standard InChI is InChI=1S/C29H33F3N4O3/c1-18(2)14-17-33-26(38)28(15-6-7-16-28)27(39)35-24-25(37)36(3)22-9-5-4-8-21(22)23(34-24)19-10-12-20(13-11-19)29(30,31)32/h4-5,8-13,18,24H,6-7,14-17H2,1-3H3,(H,33,38)(H,35,39). The second kappa shape index (κ2) is 11.2. The number of likely N-dealkylation sites (N-methyl/N-ethyl adjacent to an activating group) is 1. The summed E-state index contributed by atoms with van der Waals surface area (Å²) in [4.78, 5) is 46.3. The molecular formula is C29H33F3N4O3. The Morgan fingerprint density at radius 1 is 1.05 bits per heavy atom. The molecule has 208 valence electrons. The summed E-state index contributed by atoms with van der Waals surface area (Å²) in [6.07, 6.45) is -2.97. The lowest BCUT2D eigenvalue weighted by Gasteiger charge is -2.29. The number of rotatable bonds is 7. The summed E-state index contributed by atoms with van der Waals surface area (Å²) in [5.74, 6) is -1.07. The number of hydrogen-bond donors (Lipinski definition) is 2. The first-order chi connectivity index (χ1) is 18.4. The van der Waals surface area contributed by atoms with Crippen LogP contribution >= 0.6 is 0 Å². The van der Waals surface area contributed by atoms with Gasteiger partial charge in [-0.05, 0) is 43.4 Å². The highest BCUT2D eigenvalue weighted by Crippen LogP contribution is 2.39. The molecule has 39 heavy (non-hydrogen) atoms. The number of para-hydroxylation sites is 1. The molecule has 1 aliphatic carbocycles. The molecule has 7 nitrogen and oxygen atoms in total. The number of hydrogen-bond acceptors (Lipinski definition) is 4. The quantitative estimate of drug-likeness (QED) is 0.498. The Labute approximate surface area is 225 Å². The van der Waals surface area contributed by atoms with Crippen molar-refractivity contribution in [3.8, 4) is 0 Å². The van der Waals surface area contributed by atoms with Gasteiger partial charge < -0.3 is 15.5 Å². The van der Waals surface area contributed by atoms with Gasteiger partial charge in [-0.15, -0.1) is 0 Å². The lowest BCUT2D eigenvalue weighted by Crippen LogP contribution is -2.55. The molecule has 4 rings (SSSR count). The van der Waals surface area contributed by atoms with Crippen LogP contribution in [0.15, 0.2) is 53.5 Å². The number of nitrogens with one attached hydrogen (secondary N) is 2. The molecule has 0 saturated heterocycles. The molecule has 1 fully saturated rings. The first-order valence-corrected chi connectivity index (χ1v) is 13.2. The lowest BCUT2D eigenvalue weighted by atomic mass is 9.83. The molecule has 0 aromatic heterocycles. The minimum atomic E-state index is -4.50. The van der Waals surface area contributed by atoms with Crippen molar-refractivity contribution in [2.75, 3.05) is 18.5 Å². The zero-order valence-corrected chi connectivity index (χ0v) is 22.3. The van der Waals surface area contributed by atoms with Crippen LogP contribution in [0.4, 0.5) is 18.9 Å². The van der Waals surface area contributed by atoms with Gasteiger partial charge in [-0.25, -0.2) is 4.99 Å². The van der Waals surface area contributed by atoms with Crippen molar-refractivity contribution in [2.24, 2.45) is 16.3 Å². The topological polar surface area (TPSA) is 90.9 Å². The van der Waals surface area contributed by atoms with Crippen LogP contribution in [0.5, 0.6) is 0 Å². The van der Waals surface area contributed by atoms with E-state index in [1.54, 1.807) is 31.3 Å². The van der Waals surface area contributed by atoms with Gasteiger partial charge in [0, 0.05) is 24.7 Å². The van der Waals surface area contributed by atoms with Gasteiger partial charge in [0.05, 0.1) is 17.0 Å². The molecule has 1 unspecified atom stereocenters. The number of nitrogens with zero attached hydrogens (tertiary/aromatic N) is 2. The van der Waals surface area contributed by atoms with E-state index in [0.717, 1.165) is 18.6 Å². The summed E-state index contributed by atoms with van der Waals surface area (Å²) in [7, 11) is 1.55. The van der Waals surface area contributed by atoms with Crippen LogP contribution < -0.4 is 15.5 Å². The third-order valence-electron chi connectivity index (χ3n) is 7.43. The highest BCUT2D eigenvalue weighted by Gasteiger charge is 2.49. The third-order valence-corrected chi connectivity index (χ3v) is 7.43. The van der Waals surface area contributed by atoms with Crippen LogP contribution in [0.3, 0.4) is 0 Å². The number of amides is 3. The first kappa shape index (κ1) is 28.3. The van der Waals surface area contributed by atoms with Gasteiger partial charge in [0.25, 0.3) is 5.91 Å². The number of fused-ring (bicyclic) bond motifs is 1. The largest absolute Gasteiger partial charge is 0.416 e. The van der Waals surface area contributed by atoms with Gasteiger partial charge in [-0.3, -0.25) is 14.4 Å². The van der Waals surface area contributed by atoms with Crippen molar-refractivity contribution in [2.45, 2.75) is 58.3 Å². The van der Waals surface area contributed by atoms with Crippen molar-refractivity contribution >= 4 is 29.1 Å². The molecule has 0 spiro atoms. The predicted octanol–water partition coefficient (Wildman–Crippen LogP) is 4.68. The molecule has 3 amide bonds. The Kier molecular flexibility index (Phi) is 8.13. The molecule has 1 atom stereocenters. The summed E-state index contributed by atoms with van der Waals surface area (Å²) in [6, 6.07) is 11.4. The normalized spacial score (nSPS) is 18.8. The van der Waals surface area contributed by atoms with Crippen molar-refractivity contribution in [1.82, 2.24) is 10.6 Å². The van der Waals surface area contributed by atoms with Gasteiger partial charge in [0.15, 0.2) is 0 Å². The fourth-order valence-corrected chi connectivity index (χ4v) is 5.11. The molecule has 2 aliphatic rings.